The molecule has 1 aliphatic heterocycles. The van der Waals surface area contributed by atoms with Crippen LogP contribution in [0.5, 0.6) is 0 Å². The zero-order chi connectivity index (χ0) is 10.8. The normalized spacial score (nSPS) is 18.0. The summed E-state index contributed by atoms with van der Waals surface area (Å²) in [6.45, 7) is 3.44. The molecule has 4 heteroatoms. The minimum absolute atomic E-state index is 0.967. The monoisotopic (exact) mass is 216 g/mol. The van der Waals surface area contributed by atoms with Gasteiger partial charge in [-0.1, -0.05) is 18.6 Å². The van der Waals surface area contributed by atoms with Gasteiger partial charge in [0.2, 0.25) is 0 Å². The Morgan fingerprint density at radius 1 is 1.12 bits per heavy atom. The van der Waals surface area contributed by atoms with E-state index in [1.165, 1.54) is 37.9 Å². The second-order valence-corrected chi connectivity index (χ2v) is 4.45. The number of aromatic nitrogens is 3. The molecule has 0 aliphatic carbocycles. The summed E-state index contributed by atoms with van der Waals surface area (Å²) < 4.78 is 0. The van der Waals surface area contributed by atoms with Crippen molar-refractivity contribution in [2.24, 2.45) is 0 Å². The maximum atomic E-state index is 4.22. The summed E-state index contributed by atoms with van der Waals surface area (Å²) >= 11 is 0. The average Bonchev–Trinajstić information content (AvgIpc) is 2.80. The van der Waals surface area contributed by atoms with Crippen molar-refractivity contribution in [1.29, 1.82) is 0 Å². The average molecular weight is 216 g/mol. The van der Waals surface area contributed by atoms with Crippen LogP contribution in [0, 0.1) is 0 Å². The Morgan fingerprint density at radius 2 is 2.00 bits per heavy atom. The molecule has 1 saturated heterocycles. The molecule has 2 heterocycles. The number of hydrogen-bond donors (Lipinski definition) is 1. The second kappa shape index (κ2) is 4.22. The number of aromatic amines is 1. The van der Waals surface area contributed by atoms with E-state index in [2.05, 4.69) is 32.4 Å². The van der Waals surface area contributed by atoms with E-state index in [1.807, 2.05) is 6.07 Å². The highest BCUT2D eigenvalue weighted by Crippen LogP contribution is 2.18. The standard InChI is InChI=1S/C12H16N4/c1-2-7-16(8-3-1)9-10-5-4-6-11-12(10)14-15-13-11/h4-6H,1-3,7-9H2,(H,13,14,15). The Kier molecular flexibility index (Phi) is 2.58. The van der Waals surface area contributed by atoms with Crippen LogP contribution in [0.15, 0.2) is 18.2 Å². The molecule has 0 unspecified atom stereocenters. The summed E-state index contributed by atoms with van der Waals surface area (Å²) in [4.78, 5) is 2.51. The van der Waals surface area contributed by atoms with E-state index in [0.29, 0.717) is 0 Å². The molecule has 4 nitrogen and oxygen atoms in total. The fraction of sp³-hybridized carbons (Fsp3) is 0.500. The second-order valence-electron chi connectivity index (χ2n) is 4.45. The molecule has 0 radical (unpaired) electrons. The van der Waals surface area contributed by atoms with Crippen LogP contribution in [0.1, 0.15) is 24.8 Å². The van der Waals surface area contributed by atoms with Gasteiger partial charge in [0.25, 0.3) is 0 Å². The van der Waals surface area contributed by atoms with Gasteiger partial charge in [-0.3, -0.25) is 4.90 Å². The Bertz CT molecular complexity index is 471. The molecule has 0 atom stereocenters. The predicted molar refractivity (Wildman–Crippen MR) is 63.0 cm³/mol. The number of nitrogens with one attached hydrogen (secondary N) is 1. The predicted octanol–water partition coefficient (Wildman–Crippen LogP) is 1.94. The molecule has 16 heavy (non-hydrogen) atoms. The van der Waals surface area contributed by atoms with Gasteiger partial charge in [-0.25, -0.2) is 0 Å². The lowest BCUT2D eigenvalue weighted by molar-refractivity contribution is 0.221. The lowest BCUT2D eigenvalue weighted by atomic mass is 10.1. The number of benzene rings is 1. The van der Waals surface area contributed by atoms with Gasteiger partial charge in [-0.15, -0.1) is 0 Å². The van der Waals surface area contributed by atoms with Gasteiger partial charge in [0.05, 0.1) is 0 Å². The number of rotatable bonds is 2. The minimum atomic E-state index is 0.967. The van der Waals surface area contributed by atoms with Gasteiger partial charge in [-0.05, 0) is 37.6 Å². The smallest absolute Gasteiger partial charge is 0.117 e. The first-order valence-corrected chi connectivity index (χ1v) is 5.94. The Balaban J connectivity index is 1.85. The van der Waals surface area contributed by atoms with Crippen molar-refractivity contribution in [2.75, 3.05) is 13.1 Å². The van der Waals surface area contributed by atoms with Crippen LogP contribution in [-0.2, 0) is 6.54 Å². The van der Waals surface area contributed by atoms with E-state index in [0.717, 1.165) is 17.6 Å². The molecule has 3 rings (SSSR count). The Hall–Kier alpha value is -1.42. The third-order valence-corrected chi connectivity index (χ3v) is 3.27. The summed E-state index contributed by atoms with van der Waals surface area (Å²) in [5.41, 5.74) is 3.27. The van der Waals surface area contributed by atoms with Crippen LogP contribution in [0.2, 0.25) is 0 Å². The molecule has 0 spiro atoms. The molecular formula is C12H16N4. The lowest BCUT2D eigenvalue weighted by Gasteiger charge is -2.26. The minimum Gasteiger partial charge on any atom is -0.299 e. The highest BCUT2D eigenvalue weighted by Gasteiger charge is 2.12. The Labute approximate surface area is 94.6 Å². The molecule has 1 aromatic carbocycles. The quantitative estimate of drug-likeness (QED) is 0.834. The number of fused-ring (bicyclic) bond motifs is 1. The van der Waals surface area contributed by atoms with Crippen molar-refractivity contribution in [3.05, 3.63) is 23.8 Å². The van der Waals surface area contributed by atoms with Crippen LogP contribution >= 0.6 is 0 Å². The van der Waals surface area contributed by atoms with E-state index in [9.17, 15) is 0 Å². The SMILES string of the molecule is c1cc(CN2CCCCC2)c2n[nH]nc2c1. The van der Waals surface area contributed by atoms with Crippen molar-refractivity contribution in [3.63, 3.8) is 0 Å². The molecule has 84 valence electrons. The van der Waals surface area contributed by atoms with Gasteiger partial charge < -0.3 is 0 Å². The zero-order valence-electron chi connectivity index (χ0n) is 9.32. The van der Waals surface area contributed by atoms with Crippen LogP contribution in [0.4, 0.5) is 0 Å². The fourth-order valence-corrected chi connectivity index (χ4v) is 2.41. The summed E-state index contributed by atoms with van der Waals surface area (Å²) in [7, 11) is 0. The van der Waals surface area contributed by atoms with E-state index in [1.54, 1.807) is 0 Å². The van der Waals surface area contributed by atoms with E-state index in [-0.39, 0.29) is 0 Å². The van der Waals surface area contributed by atoms with Crippen molar-refractivity contribution in [2.45, 2.75) is 25.8 Å². The molecule has 1 N–H and O–H groups in total. The molecule has 0 bridgehead atoms. The molecule has 0 amide bonds. The van der Waals surface area contributed by atoms with Gasteiger partial charge in [0.1, 0.15) is 11.0 Å². The lowest BCUT2D eigenvalue weighted by Crippen LogP contribution is -2.29. The fourth-order valence-electron chi connectivity index (χ4n) is 2.41. The van der Waals surface area contributed by atoms with Crippen molar-refractivity contribution < 1.29 is 0 Å². The number of para-hydroxylation sites is 1. The highest BCUT2D eigenvalue weighted by molar-refractivity contribution is 5.77. The maximum absolute atomic E-state index is 4.22. The van der Waals surface area contributed by atoms with Crippen LogP contribution in [-0.4, -0.2) is 33.4 Å². The summed E-state index contributed by atoms with van der Waals surface area (Å²) in [5, 5.41) is 11.0. The van der Waals surface area contributed by atoms with E-state index >= 15 is 0 Å². The first-order valence-electron chi connectivity index (χ1n) is 5.94. The molecule has 2 aromatic rings. The molecule has 1 aromatic heterocycles. The molecule has 1 fully saturated rings. The summed E-state index contributed by atoms with van der Waals surface area (Å²) in [6, 6.07) is 6.21. The molecule has 1 aliphatic rings. The van der Waals surface area contributed by atoms with Crippen LogP contribution in [0.3, 0.4) is 0 Å². The molecular weight excluding hydrogens is 200 g/mol. The number of hydrogen-bond acceptors (Lipinski definition) is 3. The van der Waals surface area contributed by atoms with Gasteiger partial charge in [-0.2, -0.15) is 15.4 Å². The van der Waals surface area contributed by atoms with Crippen LogP contribution in [0.25, 0.3) is 11.0 Å². The number of H-pyrrole nitrogens is 1. The van der Waals surface area contributed by atoms with Crippen molar-refractivity contribution in [3.8, 4) is 0 Å². The largest absolute Gasteiger partial charge is 0.299 e. The Morgan fingerprint density at radius 3 is 2.88 bits per heavy atom. The van der Waals surface area contributed by atoms with E-state index < -0.39 is 0 Å². The van der Waals surface area contributed by atoms with Crippen LogP contribution < -0.4 is 0 Å². The summed E-state index contributed by atoms with van der Waals surface area (Å²) in [6.07, 6.45) is 4.04. The summed E-state index contributed by atoms with van der Waals surface area (Å²) in [5.74, 6) is 0. The topological polar surface area (TPSA) is 44.8 Å². The van der Waals surface area contributed by atoms with E-state index in [4.69, 9.17) is 0 Å². The van der Waals surface area contributed by atoms with Gasteiger partial charge in [0.15, 0.2) is 0 Å². The first-order chi connectivity index (χ1) is 7.93. The third kappa shape index (κ3) is 1.80. The van der Waals surface area contributed by atoms with Gasteiger partial charge >= 0.3 is 0 Å². The van der Waals surface area contributed by atoms with Crippen molar-refractivity contribution >= 4 is 11.0 Å². The number of piperidine rings is 1. The third-order valence-electron chi connectivity index (χ3n) is 3.27. The highest BCUT2D eigenvalue weighted by atomic mass is 15.3. The number of nitrogens with zero attached hydrogens (tertiary/aromatic N) is 3. The zero-order valence-corrected chi connectivity index (χ0v) is 9.32. The van der Waals surface area contributed by atoms with Gasteiger partial charge in [0, 0.05) is 6.54 Å². The molecule has 0 saturated carbocycles. The van der Waals surface area contributed by atoms with Crippen molar-refractivity contribution in [1.82, 2.24) is 20.3 Å². The first kappa shape index (κ1) is 9.78. The maximum Gasteiger partial charge on any atom is 0.117 e. The number of likely N-dealkylation sites (tertiary alicyclic amines) is 1.